The van der Waals surface area contributed by atoms with Crippen molar-refractivity contribution in [1.82, 2.24) is 26.4 Å². The maximum absolute atomic E-state index is 12.1. The van der Waals surface area contributed by atoms with Crippen LogP contribution in [0.3, 0.4) is 0 Å². The Morgan fingerprint density at radius 1 is 0.940 bits per heavy atom. The Hall–Kier alpha value is -3.69. The van der Waals surface area contributed by atoms with Gasteiger partial charge in [-0.3, -0.25) is 30.8 Å². The summed E-state index contributed by atoms with van der Waals surface area (Å²) in [4.78, 5) is 26.6. The number of aliphatic hydroxyl groups excluding tert-OH is 6. The molecule has 2 saturated heterocycles. The molecule has 15 atom stereocenters. The second kappa shape index (κ2) is 17.5. The lowest BCUT2D eigenvalue weighted by atomic mass is 9.81. The number of nitrogen functional groups attached to an aromatic ring is 1. The van der Waals surface area contributed by atoms with Crippen LogP contribution in [0.2, 0.25) is 0 Å². The van der Waals surface area contributed by atoms with Gasteiger partial charge < -0.3 is 82.1 Å². The fourth-order valence-electron chi connectivity index (χ4n) is 5.76. The topological polar surface area (TPSA) is 399 Å². The molecule has 3 aliphatic rings. The number of nitrogens with one attached hydrogen (secondary N) is 6. The Kier molecular flexibility index (Phi) is 14.3. The maximum atomic E-state index is 12.1. The monoisotopic (exact) mass is 718 g/mol. The molecular weight excluding hydrogens is 672 g/mol. The molecule has 19 N–H and O–H groups in total. The summed E-state index contributed by atoms with van der Waals surface area (Å²) in [6.07, 6.45) is -14.2. The van der Waals surface area contributed by atoms with Gasteiger partial charge in [0.1, 0.15) is 42.7 Å². The molecule has 0 spiro atoms. The number of aliphatic hydroxyl groups is 7. The van der Waals surface area contributed by atoms with Crippen LogP contribution < -0.4 is 38.7 Å². The first kappa shape index (κ1) is 40.7. The maximum Gasteiger partial charge on any atom is 0.265 e. The number of carbonyl (C=O) groups excluding carboxylic acids is 2. The van der Waals surface area contributed by atoms with E-state index in [1.165, 1.54) is 26.4 Å². The highest BCUT2D eigenvalue weighted by Crippen LogP contribution is 2.37. The molecule has 1 aromatic heterocycles. The lowest BCUT2D eigenvalue weighted by Crippen LogP contribution is -2.73. The zero-order valence-corrected chi connectivity index (χ0v) is 26.9. The van der Waals surface area contributed by atoms with Gasteiger partial charge in [0.15, 0.2) is 36.4 Å². The molecule has 3 heterocycles. The predicted octanol–water partition coefficient (Wildman–Crippen LogP) is -8.06. The van der Waals surface area contributed by atoms with Crippen LogP contribution >= 0.6 is 0 Å². The number of hydrogen-bond donors (Lipinski definition) is 16. The van der Waals surface area contributed by atoms with E-state index in [0.717, 1.165) is 0 Å². The molecule has 23 heteroatoms. The minimum atomic E-state index is -2.39. The fourth-order valence-corrected chi connectivity index (χ4v) is 5.76. The smallest absolute Gasteiger partial charge is 0.265 e. The van der Waals surface area contributed by atoms with Crippen LogP contribution in [-0.2, 0) is 23.7 Å². The highest BCUT2D eigenvalue weighted by atomic mass is 16.8. The number of pyridine rings is 1. The van der Waals surface area contributed by atoms with E-state index in [2.05, 4.69) is 20.9 Å². The van der Waals surface area contributed by atoms with Gasteiger partial charge in [-0.2, -0.15) is 0 Å². The number of likely N-dealkylation sites (N-methyl/N-ethyl adjacent to an activating group) is 1. The van der Waals surface area contributed by atoms with Gasteiger partial charge in [0.25, 0.3) is 5.91 Å². The third-order valence-corrected chi connectivity index (χ3v) is 8.53. The molecule has 0 unspecified atom stereocenters. The Labute approximate surface area is 285 Å². The van der Waals surface area contributed by atoms with Gasteiger partial charge in [-0.1, -0.05) is 0 Å². The van der Waals surface area contributed by atoms with Gasteiger partial charge in [0.2, 0.25) is 0 Å². The Bertz CT molecular complexity index is 1310. The van der Waals surface area contributed by atoms with E-state index in [-0.39, 0.29) is 12.2 Å². The number of nitrogens with zero attached hydrogens (tertiary/aromatic N) is 1. The average Bonchev–Trinajstić information content (AvgIpc) is 3.33. The van der Waals surface area contributed by atoms with Crippen LogP contribution in [0.25, 0.3) is 0 Å². The van der Waals surface area contributed by atoms with E-state index < -0.39 is 110 Å². The molecule has 0 aromatic carbocycles. The summed E-state index contributed by atoms with van der Waals surface area (Å²) in [5.41, 5.74) is 10.9. The van der Waals surface area contributed by atoms with Crippen molar-refractivity contribution in [3.05, 3.63) is 30.1 Å². The molecule has 2 aliphatic heterocycles. The molecule has 282 valence electrons. The zero-order chi connectivity index (χ0) is 37.5. The van der Waals surface area contributed by atoms with Crippen molar-refractivity contribution >= 4 is 24.1 Å². The molecule has 1 aromatic rings. The molecule has 50 heavy (non-hydrogen) atoms. The Balaban J connectivity index is 0.000000578. The van der Waals surface area contributed by atoms with Crippen molar-refractivity contribution in [1.29, 1.82) is 10.8 Å². The van der Waals surface area contributed by atoms with E-state index in [1.54, 1.807) is 12.1 Å². The van der Waals surface area contributed by atoms with E-state index >= 15 is 0 Å². The lowest BCUT2D eigenvalue weighted by molar-refractivity contribution is -0.314. The minimum Gasteiger partial charge on any atom is -0.394 e. The molecule has 1 amide bonds. The summed E-state index contributed by atoms with van der Waals surface area (Å²) in [5, 5.41) is 96.4. The summed E-state index contributed by atoms with van der Waals surface area (Å²) in [6, 6.07) is -0.782. The molecule has 1 aliphatic carbocycles. The number of ether oxygens (including phenoxy) is 4. The number of aromatic nitrogens is 1. The number of nitrogens with two attached hydrogens (primary N) is 3. The van der Waals surface area contributed by atoms with Crippen LogP contribution in [0.5, 0.6) is 0 Å². The summed E-state index contributed by atoms with van der Waals surface area (Å²) < 4.78 is 22.9. The second-order valence-electron chi connectivity index (χ2n) is 11.7. The van der Waals surface area contributed by atoms with Crippen molar-refractivity contribution in [3.8, 4) is 0 Å². The standard InChI is InChI=1S/C21H39N7O12.C6H7N3O/c1-5-21(36,4-30)16(40-17-9(26-2)13(34)10(31)6(3-29)38-17)18(37-5)39-15-8(28-20(24)25)11(32)7(27-19(22)23)12(33)14(15)35;7-9-6(10)5-1-3-8-4-2-5/h4-18,26,29,31-36H,3H2,1-2H3,(H4,22,23,27)(H4,24,25,28);1-4H,7H2,(H,9,10)/t5-,6-,7+,8-,9-,10-,11+,12-,13-,14+,15+,16-,17-,18-,21+;/m0./s1. The second-order valence-corrected chi connectivity index (χ2v) is 11.7. The highest BCUT2D eigenvalue weighted by molar-refractivity contribution is 5.93. The first-order valence-corrected chi connectivity index (χ1v) is 15.2. The molecule has 0 radical (unpaired) electrons. The number of guanidine groups is 2. The number of rotatable bonds is 10. The fraction of sp³-hybridized carbons (Fsp3) is 0.667. The normalized spacial score (nSPS) is 39.7. The van der Waals surface area contributed by atoms with Gasteiger partial charge in [0.05, 0.1) is 36.9 Å². The van der Waals surface area contributed by atoms with Gasteiger partial charge in [0, 0.05) is 18.0 Å². The quantitative estimate of drug-likeness (QED) is 0.0267. The molecule has 4 rings (SSSR count). The van der Waals surface area contributed by atoms with Gasteiger partial charge >= 0.3 is 0 Å². The van der Waals surface area contributed by atoms with Crippen molar-refractivity contribution < 1.29 is 64.3 Å². The van der Waals surface area contributed by atoms with Crippen molar-refractivity contribution in [3.63, 3.8) is 0 Å². The van der Waals surface area contributed by atoms with Crippen molar-refractivity contribution in [2.45, 2.75) is 98.2 Å². The van der Waals surface area contributed by atoms with E-state index in [9.17, 15) is 45.3 Å². The van der Waals surface area contributed by atoms with Crippen LogP contribution in [0.4, 0.5) is 0 Å². The van der Waals surface area contributed by atoms with E-state index in [1.807, 2.05) is 5.43 Å². The summed E-state index contributed by atoms with van der Waals surface area (Å²) in [7, 11) is 1.41. The molecule has 1 saturated carbocycles. The molecule has 0 bridgehead atoms. The number of aldehydes is 1. The lowest BCUT2D eigenvalue weighted by Gasteiger charge is -2.47. The van der Waals surface area contributed by atoms with E-state index in [4.69, 9.17) is 47.1 Å². The molecule has 23 nitrogen and oxygen atoms in total. The number of amides is 1. The van der Waals surface area contributed by atoms with Crippen LogP contribution in [0.1, 0.15) is 17.3 Å². The largest absolute Gasteiger partial charge is 0.394 e. The van der Waals surface area contributed by atoms with Crippen molar-refractivity contribution in [2.24, 2.45) is 17.3 Å². The zero-order valence-electron chi connectivity index (χ0n) is 26.9. The minimum absolute atomic E-state index is 0.136. The van der Waals surface area contributed by atoms with Gasteiger partial charge in [-0.25, -0.2) is 5.84 Å². The number of hydrogen-bond acceptors (Lipinski definition) is 18. The van der Waals surface area contributed by atoms with Crippen LogP contribution in [0.15, 0.2) is 24.5 Å². The highest BCUT2D eigenvalue weighted by Gasteiger charge is 2.60. The molecular formula is C27H46N10O13. The van der Waals surface area contributed by atoms with Gasteiger partial charge in [-0.15, -0.1) is 0 Å². The number of hydrazine groups is 1. The first-order valence-electron chi connectivity index (χ1n) is 15.2. The van der Waals surface area contributed by atoms with Crippen molar-refractivity contribution in [2.75, 3.05) is 13.7 Å². The van der Waals surface area contributed by atoms with E-state index in [0.29, 0.717) is 5.56 Å². The first-order chi connectivity index (χ1) is 23.6. The van der Waals surface area contributed by atoms with Gasteiger partial charge in [-0.05, 0) is 26.1 Å². The predicted molar refractivity (Wildman–Crippen MR) is 167 cm³/mol. The van der Waals surface area contributed by atoms with Crippen LogP contribution in [0, 0.1) is 10.8 Å². The summed E-state index contributed by atoms with van der Waals surface area (Å²) >= 11 is 0. The summed E-state index contributed by atoms with van der Waals surface area (Å²) in [5.74, 6) is 3.29. The van der Waals surface area contributed by atoms with Crippen LogP contribution in [-0.4, -0.2) is 170 Å². The molecule has 3 fully saturated rings. The average molecular weight is 719 g/mol. The third kappa shape index (κ3) is 8.78. The Morgan fingerprint density at radius 2 is 1.52 bits per heavy atom. The SMILES string of the molecule is CN[C@@H]1[C@H](O[C@H]2[C@H](O[C@H]3[C@H](O)[C@@H](O)[C@H](NC(=N)N)[C@@H](O)[C@@H]3NC(=N)N)O[C@@H](C)[C@]2(O)C=O)O[C@@H](CO)[C@H](O)[C@H]1O.NNC(=O)c1ccncc1. The number of carbonyl (C=O) groups is 2. The Morgan fingerprint density at radius 3 is 2.04 bits per heavy atom. The summed E-state index contributed by atoms with van der Waals surface area (Å²) in [6.45, 7) is 0.613. The third-order valence-electron chi connectivity index (χ3n) is 8.53.